The number of aliphatic hydroxyl groups is 2. The van der Waals surface area contributed by atoms with Crippen molar-refractivity contribution in [3.05, 3.63) is 48.0 Å². The van der Waals surface area contributed by atoms with Crippen molar-refractivity contribution in [2.24, 2.45) is 11.8 Å². The van der Waals surface area contributed by atoms with Crippen LogP contribution in [0.15, 0.2) is 42.5 Å². The highest BCUT2D eigenvalue weighted by atomic mass is 16.7. The van der Waals surface area contributed by atoms with Gasteiger partial charge in [-0.05, 0) is 78.2 Å². The summed E-state index contributed by atoms with van der Waals surface area (Å²) in [6.45, 7) is 7.49. The molecule has 0 aromatic heterocycles. The normalized spacial score (nSPS) is 21.6. The number of hydrogen-bond donors (Lipinski definition) is 2. The molecule has 11 heteroatoms. The summed E-state index contributed by atoms with van der Waals surface area (Å²) in [5.74, 6) is -2.12. The van der Waals surface area contributed by atoms with Gasteiger partial charge in [0.15, 0.2) is 12.4 Å². The lowest BCUT2D eigenvalue weighted by atomic mass is 9.85. The zero-order valence-corrected chi connectivity index (χ0v) is 27.1. The van der Waals surface area contributed by atoms with E-state index >= 15 is 0 Å². The van der Waals surface area contributed by atoms with Crippen molar-refractivity contribution < 1.29 is 53.1 Å². The zero-order valence-electron chi connectivity index (χ0n) is 27.1. The molecule has 1 fully saturated rings. The summed E-state index contributed by atoms with van der Waals surface area (Å²) < 4.78 is 26.3. The monoisotopic (exact) mass is 634 g/mol. The van der Waals surface area contributed by atoms with Gasteiger partial charge in [-0.3, -0.25) is 9.59 Å². The third-order valence-electron chi connectivity index (χ3n) is 7.56. The first kappa shape index (κ1) is 37.7. The van der Waals surface area contributed by atoms with Gasteiger partial charge in [-0.2, -0.15) is 0 Å². The summed E-state index contributed by atoms with van der Waals surface area (Å²) in [7, 11) is 0. The Morgan fingerprint density at radius 3 is 2.22 bits per heavy atom. The number of hydrogen-bond acceptors (Lipinski definition) is 11. The lowest BCUT2D eigenvalue weighted by Crippen LogP contribution is -2.32. The van der Waals surface area contributed by atoms with Crippen LogP contribution < -0.4 is 0 Å². The van der Waals surface area contributed by atoms with Crippen LogP contribution in [0.5, 0.6) is 0 Å². The topological polar surface area (TPSA) is 155 Å². The fourth-order valence-electron chi connectivity index (χ4n) is 5.51. The van der Waals surface area contributed by atoms with Gasteiger partial charge in [0.2, 0.25) is 0 Å². The van der Waals surface area contributed by atoms with Crippen LogP contribution in [-0.4, -0.2) is 71.1 Å². The highest BCUT2D eigenvalue weighted by Crippen LogP contribution is 2.42. The minimum atomic E-state index is -1.36. The SMILES string of the molecule is CC(=O)O[C@H]1C[C@@H](OC(=O)OC(C)C(=O)OC(C)O)[C@H](CC[C@@H](O)CCc2ccccc2)[C@H]1C/C=C\CCCC(=O)OC(C)C. The molecule has 0 heterocycles. The number of esters is 3. The molecule has 1 saturated carbocycles. The van der Waals surface area contributed by atoms with Gasteiger partial charge < -0.3 is 33.9 Å². The number of benzene rings is 1. The second-order valence-electron chi connectivity index (χ2n) is 11.8. The van der Waals surface area contributed by atoms with Crippen molar-refractivity contribution in [2.75, 3.05) is 0 Å². The summed E-state index contributed by atoms with van der Waals surface area (Å²) in [5.41, 5.74) is 1.13. The maximum Gasteiger partial charge on any atom is 0.509 e. The molecule has 2 N–H and O–H groups in total. The molecule has 2 unspecified atom stereocenters. The molecule has 11 nitrogen and oxygen atoms in total. The molecular formula is C34H50O11. The summed E-state index contributed by atoms with van der Waals surface area (Å²) in [6, 6.07) is 9.87. The molecule has 1 aromatic rings. The Balaban J connectivity index is 2.11. The highest BCUT2D eigenvalue weighted by molar-refractivity contribution is 5.77. The van der Waals surface area contributed by atoms with E-state index in [4.69, 9.17) is 18.9 Å². The van der Waals surface area contributed by atoms with Crippen molar-refractivity contribution >= 4 is 24.1 Å². The number of rotatable bonds is 18. The average molecular weight is 635 g/mol. The van der Waals surface area contributed by atoms with Crippen molar-refractivity contribution in [3.8, 4) is 0 Å². The van der Waals surface area contributed by atoms with Crippen LogP contribution in [0.1, 0.15) is 91.5 Å². The van der Waals surface area contributed by atoms with Crippen molar-refractivity contribution in [3.63, 3.8) is 0 Å². The van der Waals surface area contributed by atoms with E-state index in [-0.39, 0.29) is 30.3 Å². The summed E-state index contributed by atoms with van der Waals surface area (Å²) >= 11 is 0. The van der Waals surface area contributed by atoms with Crippen LogP contribution in [0.3, 0.4) is 0 Å². The molecule has 1 aliphatic carbocycles. The molecule has 0 spiro atoms. The van der Waals surface area contributed by atoms with Gasteiger partial charge in [0.05, 0.1) is 12.2 Å². The first-order valence-electron chi connectivity index (χ1n) is 15.8. The Bertz CT molecular complexity index is 1080. The zero-order chi connectivity index (χ0) is 33.4. The highest BCUT2D eigenvalue weighted by Gasteiger charge is 2.46. The largest absolute Gasteiger partial charge is 0.509 e. The van der Waals surface area contributed by atoms with E-state index in [0.29, 0.717) is 51.4 Å². The van der Waals surface area contributed by atoms with E-state index in [1.807, 2.05) is 42.5 Å². The predicted octanol–water partition coefficient (Wildman–Crippen LogP) is 5.19. The van der Waals surface area contributed by atoms with E-state index in [1.165, 1.54) is 20.8 Å². The molecule has 2 rings (SSSR count). The van der Waals surface area contributed by atoms with Crippen LogP contribution >= 0.6 is 0 Å². The van der Waals surface area contributed by atoms with Gasteiger partial charge in [0, 0.05) is 31.6 Å². The molecule has 0 aliphatic heterocycles. The molecule has 0 radical (unpaired) electrons. The Labute approximate surface area is 266 Å². The summed E-state index contributed by atoms with van der Waals surface area (Å²) in [6.07, 6.45) is 2.74. The molecule has 252 valence electrons. The van der Waals surface area contributed by atoms with Crippen molar-refractivity contribution in [1.82, 2.24) is 0 Å². The molecule has 45 heavy (non-hydrogen) atoms. The molecule has 0 bridgehead atoms. The second kappa shape index (κ2) is 19.8. The van der Waals surface area contributed by atoms with Gasteiger partial charge in [0.1, 0.15) is 12.2 Å². The number of unbranched alkanes of at least 4 members (excludes halogenated alkanes) is 1. The van der Waals surface area contributed by atoms with E-state index < -0.39 is 48.8 Å². The Morgan fingerprint density at radius 2 is 1.58 bits per heavy atom. The fourth-order valence-corrected chi connectivity index (χ4v) is 5.51. The predicted molar refractivity (Wildman–Crippen MR) is 165 cm³/mol. The number of allylic oxidation sites excluding steroid dienone is 2. The third kappa shape index (κ3) is 14.9. The maximum atomic E-state index is 12.7. The van der Waals surface area contributed by atoms with E-state index in [9.17, 15) is 29.4 Å². The van der Waals surface area contributed by atoms with Gasteiger partial charge in [0.25, 0.3) is 0 Å². The minimum Gasteiger partial charge on any atom is -0.463 e. The van der Waals surface area contributed by atoms with E-state index in [1.54, 1.807) is 13.8 Å². The lowest BCUT2D eigenvalue weighted by molar-refractivity contribution is -0.175. The standard InChI is InChI=1S/C34H50O11/c1-22(2)41-32(38)16-12-7-6-11-15-28-29(20-19-27(37)18-17-26-13-9-8-10-14-26)31(21-30(28)43-24(4)35)45-34(40)42-23(3)33(39)44-25(5)36/h6,8-11,13-14,22-23,25,27-31,36-37H,7,12,15-21H2,1-5H3/b11-6-/t23?,25?,27-,28+,29+,30-,31+/m0/s1. The molecule has 0 amide bonds. The first-order valence-corrected chi connectivity index (χ1v) is 15.8. The van der Waals surface area contributed by atoms with Crippen LogP contribution in [0.2, 0.25) is 0 Å². The van der Waals surface area contributed by atoms with Crippen molar-refractivity contribution in [1.29, 1.82) is 0 Å². The summed E-state index contributed by atoms with van der Waals surface area (Å²) in [5, 5.41) is 20.1. The third-order valence-corrected chi connectivity index (χ3v) is 7.56. The Hall–Kier alpha value is -3.44. The van der Waals surface area contributed by atoms with Gasteiger partial charge in [-0.15, -0.1) is 0 Å². The molecule has 0 saturated heterocycles. The molecule has 7 atom stereocenters. The number of ether oxygens (including phenoxy) is 5. The van der Waals surface area contributed by atoms with Crippen LogP contribution in [0.25, 0.3) is 0 Å². The Morgan fingerprint density at radius 1 is 0.889 bits per heavy atom. The number of carbonyl (C=O) groups excluding carboxylic acids is 4. The van der Waals surface area contributed by atoms with Crippen LogP contribution in [0.4, 0.5) is 4.79 Å². The van der Waals surface area contributed by atoms with E-state index in [2.05, 4.69) is 4.74 Å². The molecule has 1 aromatic carbocycles. The van der Waals surface area contributed by atoms with Crippen LogP contribution in [0, 0.1) is 11.8 Å². The van der Waals surface area contributed by atoms with Gasteiger partial charge in [-0.1, -0.05) is 42.5 Å². The quantitative estimate of drug-likeness (QED) is 0.0721. The average Bonchev–Trinajstić information content (AvgIpc) is 3.26. The van der Waals surface area contributed by atoms with Crippen LogP contribution in [-0.2, 0) is 44.5 Å². The van der Waals surface area contributed by atoms with Gasteiger partial charge >= 0.3 is 24.1 Å². The number of carbonyl (C=O) groups is 4. The van der Waals surface area contributed by atoms with Gasteiger partial charge in [-0.25, -0.2) is 9.59 Å². The fraction of sp³-hybridized carbons (Fsp3) is 0.647. The van der Waals surface area contributed by atoms with Crippen molar-refractivity contribution in [2.45, 2.75) is 129 Å². The lowest BCUT2D eigenvalue weighted by Gasteiger charge is -2.26. The second-order valence-corrected chi connectivity index (χ2v) is 11.8. The molecular weight excluding hydrogens is 584 g/mol. The minimum absolute atomic E-state index is 0.156. The smallest absolute Gasteiger partial charge is 0.463 e. The Kier molecular flexibility index (Phi) is 16.6. The number of aryl methyl sites for hydroxylation is 1. The summed E-state index contributed by atoms with van der Waals surface area (Å²) in [4.78, 5) is 48.5. The first-order chi connectivity index (χ1) is 21.3. The van der Waals surface area contributed by atoms with E-state index in [0.717, 1.165) is 5.56 Å². The maximum absolute atomic E-state index is 12.7. The molecule has 1 aliphatic rings. The number of aliphatic hydroxyl groups excluding tert-OH is 2.